The smallest absolute Gasteiger partial charge is 0.308 e. The van der Waals surface area contributed by atoms with Crippen molar-refractivity contribution in [2.24, 2.45) is 11.5 Å². The molecule has 0 spiro atoms. The van der Waals surface area contributed by atoms with Gasteiger partial charge in [0.15, 0.2) is 0 Å². The van der Waals surface area contributed by atoms with Crippen LogP contribution in [0.2, 0.25) is 0 Å². The molecule has 0 aliphatic rings. The van der Waals surface area contributed by atoms with Crippen LogP contribution in [0.4, 0.5) is 0 Å². The van der Waals surface area contributed by atoms with Gasteiger partial charge in [0, 0.05) is 13.0 Å². The summed E-state index contributed by atoms with van der Waals surface area (Å²) in [6, 6.07) is 7.34. The number of halogens is 1. The van der Waals surface area contributed by atoms with E-state index < -0.39 is 0 Å². The van der Waals surface area contributed by atoms with Crippen LogP contribution in [-0.2, 0) is 4.79 Å². The molecule has 0 radical (unpaired) electrons. The third kappa shape index (κ3) is 6.00. The summed E-state index contributed by atoms with van der Waals surface area (Å²) in [4.78, 5) is 10.7. The Bertz CT molecular complexity index is 355. The second-order valence-corrected chi connectivity index (χ2v) is 4.05. The number of esters is 1. The molecule has 0 unspecified atom stereocenters. The lowest BCUT2D eigenvalue weighted by Gasteiger charge is -2.12. The maximum atomic E-state index is 10.7. The monoisotopic (exact) mass is 272 g/mol. The minimum absolute atomic E-state index is 0. The van der Waals surface area contributed by atoms with Gasteiger partial charge < -0.3 is 16.2 Å². The Hall–Kier alpha value is -1.10. The Kier molecular flexibility index (Phi) is 8.37. The van der Waals surface area contributed by atoms with Gasteiger partial charge in [0.2, 0.25) is 0 Å². The molecule has 18 heavy (non-hydrogen) atoms. The third-order valence-corrected chi connectivity index (χ3v) is 2.54. The summed E-state index contributed by atoms with van der Waals surface area (Å²) >= 11 is 0. The maximum absolute atomic E-state index is 10.7. The molecule has 1 atom stereocenters. The van der Waals surface area contributed by atoms with E-state index in [0.717, 1.165) is 24.8 Å². The standard InChI is InChI=1S/C13H20N2O2.ClH/c1-10(16)17-12-7-5-11(6-8-12)13(15)4-2-3-9-14;/h5-8,13H,2-4,9,14-15H2,1H3;1H/t13-;/m0./s1. The number of hydrogen-bond acceptors (Lipinski definition) is 4. The number of carbonyl (C=O) groups is 1. The van der Waals surface area contributed by atoms with E-state index in [-0.39, 0.29) is 24.4 Å². The summed E-state index contributed by atoms with van der Waals surface area (Å²) in [6.45, 7) is 2.09. The first kappa shape index (κ1) is 16.9. The van der Waals surface area contributed by atoms with Crippen molar-refractivity contribution in [3.63, 3.8) is 0 Å². The zero-order valence-electron chi connectivity index (χ0n) is 10.6. The number of nitrogens with two attached hydrogens (primary N) is 2. The van der Waals surface area contributed by atoms with E-state index in [9.17, 15) is 4.79 Å². The molecule has 1 aromatic rings. The summed E-state index contributed by atoms with van der Waals surface area (Å²) < 4.78 is 4.95. The quantitative estimate of drug-likeness (QED) is 0.473. The second kappa shape index (κ2) is 8.91. The molecule has 0 aliphatic carbocycles. The van der Waals surface area contributed by atoms with Gasteiger partial charge in [-0.15, -0.1) is 12.4 Å². The Balaban J connectivity index is 0.00000289. The molecule has 0 heterocycles. The highest BCUT2D eigenvalue weighted by Gasteiger charge is 2.06. The van der Waals surface area contributed by atoms with Crippen molar-refractivity contribution in [1.29, 1.82) is 0 Å². The van der Waals surface area contributed by atoms with Crippen LogP contribution in [0.25, 0.3) is 0 Å². The van der Waals surface area contributed by atoms with Crippen molar-refractivity contribution in [3.05, 3.63) is 29.8 Å². The minimum atomic E-state index is -0.315. The first-order valence-corrected chi connectivity index (χ1v) is 5.87. The molecule has 1 aromatic carbocycles. The number of hydrogen-bond donors (Lipinski definition) is 2. The number of ether oxygens (including phenoxy) is 1. The zero-order chi connectivity index (χ0) is 12.7. The van der Waals surface area contributed by atoms with Crippen LogP contribution >= 0.6 is 12.4 Å². The summed E-state index contributed by atoms with van der Waals surface area (Å²) in [5.74, 6) is 0.236. The number of unbranched alkanes of at least 4 members (excludes halogenated alkanes) is 1. The fourth-order valence-electron chi connectivity index (χ4n) is 1.62. The van der Waals surface area contributed by atoms with E-state index in [1.54, 1.807) is 12.1 Å². The normalized spacial score (nSPS) is 11.5. The first-order valence-electron chi connectivity index (χ1n) is 5.87. The van der Waals surface area contributed by atoms with E-state index in [0.29, 0.717) is 12.3 Å². The zero-order valence-corrected chi connectivity index (χ0v) is 11.4. The minimum Gasteiger partial charge on any atom is -0.427 e. The fraction of sp³-hybridized carbons (Fsp3) is 0.462. The van der Waals surface area contributed by atoms with Gasteiger partial charge in [-0.3, -0.25) is 4.79 Å². The molecule has 0 amide bonds. The van der Waals surface area contributed by atoms with Crippen LogP contribution in [0.15, 0.2) is 24.3 Å². The Morgan fingerprint density at radius 1 is 1.28 bits per heavy atom. The van der Waals surface area contributed by atoms with Gasteiger partial charge in [0.1, 0.15) is 5.75 Å². The Morgan fingerprint density at radius 2 is 1.89 bits per heavy atom. The van der Waals surface area contributed by atoms with Gasteiger partial charge >= 0.3 is 5.97 Å². The van der Waals surface area contributed by atoms with Crippen molar-refractivity contribution in [2.45, 2.75) is 32.2 Å². The van der Waals surface area contributed by atoms with Crippen LogP contribution in [0.5, 0.6) is 5.75 Å². The molecule has 0 fully saturated rings. The topological polar surface area (TPSA) is 78.3 Å². The van der Waals surface area contributed by atoms with Gasteiger partial charge in [-0.1, -0.05) is 18.6 Å². The summed E-state index contributed by atoms with van der Waals surface area (Å²) in [5.41, 5.74) is 12.5. The predicted molar refractivity (Wildman–Crippen MR) is 74.8 cm³/mol. The highest BCUT2D eigenvalue weighted by molar-refractivity contribution is 5.85. The lowest BCUT2D eigenvalue weighted by Crippen LogP contribution is -2.11. The fourth-order valence-corrected chi connectivity index (χ4v) is 1.62. The number of carbonyl (C=O) groups excluding carboxylic acids is 1. The van der Waals surface area contributed by atoms with Crippen molar-refractivity contribution in [1.82, 2.24) is 0 Å². The van der Waals surface area contributed by atoms with E-state index in [1.165, 1.54) is 6.92 Å². The van der Waals surface area contributed by atoms with Crippen LogP contribution in [-0.4, -0.2) is 12.5 Å². The van der Waals surface area contributed by atoms with Crippen molar-refractivity contribution in [2.75, 3.05) is 6.54 Å². The van der Waals surface area contributed by atoms with Gasteiger partial charge in [-0.2, -0.15) is 0 Å². The molecule has 4 N–H and O–H groups in total. The third-order valence-electron chi connectivity index (χ3n) is 2.54. The molecule has 5 heteroatoms. The highest BCUT2D eigenvalue weighted by atomic mass is 35.5. The maximum Gasteiger partial charge on any atom is 0.308 e. The molecule has 0 saturated carbocycles. The van der Waals surface area contributed by atoms with Crippen LogP contribution < -0.4 is 16.2 Å². The van der Waals surface area contributed by atoms with Crippen molar-refractivity contribution in [3.8, 4) is 5.75 Å². The molecule has 102 valence electrons. The van der Waals surface area contributed by atoms with Gasteiger partial charge in [0.05, 0.1) is 0 Å². The largest absolute Gasteiger partial charge is 0.427 e. The van der Waals surface area contributed by atoms with Gasteiger partial charge in [-0.25, -0.2) is 0 Å². The lowest BCUT2D eigenvalue weighted by atomic mass is 10.0. The average Bonchev–Trinajstić information content (AvgIpc) is 2.29. The average molecular weight is 273 g/mol. The number of rotatable bonds is 6. The summed E-state index contributed by atoms with van der Waals surface area (Å²) in [7, 11) is 0. The molecule has 0 saturated heterocycles. The van der Waals surface area contributed by atoms with Crippen molar-refractivity contribution >= 4 is 18.4 Å². The highest BCUT2D eigenvalue weighted by Crippen LogP contribution is 2.20. The van der Waals surface area contributed by atoms with E-state index >= 15 is 0 Å². The van der Waals surface area contributed by atoms with Gasteiger partial charge in [0.25, 0.3) is 0 Å². The molecule has 0 bridgehead atoms. The second-order valence-electron chi connectivity index (χ2n) is 4.05. The lowest BCUT2D eigenvalue weighted by molar-refractivity contribution is -0.131. The molecule has 0 aliphatic heterocycles. The molecular formula is C13H21ClN2O2. The predicted octanol–water partition coefficient (Wildman–Crippen LogP) is 2.16. The molecule has 4 nitrogen and oxygen atoms in total. The van der Waals surface area contributed by atoms with E-state index in [1.807, 2.05) is 12.1 Å². The van der Waals surface area contributed by atoms with Crippen LogP contribution in [0.3, 0.4) is 0 Å². The van der Waals surface area contributed by atoms with Gasteiger partial charge in [-0.05, 0) is 37.1 Å². The molecular weight excluding hydrogens is 252 g/mol. The van der Waals surface area contributed by atoms with E-state index in [4.69, 9.17) is 16.2 Å². The van der Waals surface area contributed by atoms with Crippen LogP contribution in [0, 0.1) is 0 Å². The summed E-state index contributed by atoms with van der Waals surface area (Å²) in [6.07, 6.45) is 2.95. The summed E-state index contributed by atoms with van der Waals surface area (Å²) in [5, 5.41) is 0. The molecule has 0 aromatic heterocycles. The molecule has 1 rings (SSSR count). The SMILES string of the molecule is CC(=O)Oc1ccc([C@@H](N)CCCCN)cc1.Cl. The first-order chi connectivity index (χ1) is 8.13. The Morgan fingerprint density at radius 3 is 2.39 bits per heavy atom. The Labute approximate surface area is 114 Å². The van der Waals surface area contributed by atoms with Crippen LogP contribution in [0.1, 0.15) is 37.8 Å². The number of benzene rings is 1. The van der Waals surface area contributed by atoms with Crippen molar-refractivity contribution < 1.29 is 9.53 Å². The van der Waals surface area contributed by atoms with E-state index in [2.05, 4.69) is 0 Å².